The van der Waals surface area contributed by atoms with Crippen molar-refractivity contribution in [2.24, 2.45) is 0 Å². The van der Waals surface area contributed by atoms with Crippen LogP contribution in [-0.4, -0.2) is 45.8 Å². The van der Waals surface area contributed by atoms with Crippen molar-refractivity contribution in [3.63, 3.8) is 0 Å². The third kappa shape index (κ3) is 4.65. The highest BCUT2D eigenvalue weighted by atomic mass is 16.5. The number of benzene rings is 2. The summed E-state index contributed by atoms with van der Waals surface area (Å²) in [6.45, 7) is 0.713. The lowest BCUT2D eigenvalue weighted by Crippen LogP contribution is -2.29. The number of methoxy groups -OCH3 is 4. The molecule has 3 rings (SSSR count). The topological polar surface area (TPSA) is 57.2 Å². The molecule has 1 fully saturated rings. The molecule has 1 aliphatic heterocycles. The van der Waals surface area contributed by atoms with Crippen molar-refractivity contribution in [3.8, 4) is 23.0 Å². The minimum atomic E-state index is -0.0350. The number of hydrogen-bond donors (Lipinski definition) is 0. The summed E-state index contributed by atoms with van der Waals surface area (Å²) < 4.78 is 21.4. The van der Waals surface area contributed by atoms with Crippen LogP contribution in [0.3, 0.4) is 0 Å². The average molecular weight is 397 g/mol. The zero-order valence-electron chi connectivity index (χ0n) is 17.3. The molecule has 1 atom stereocenters. The fraction of sp³-hybridized carbons (Fsp3) is 0.348. The van der Waals surface area contributed by atoms with E-state index < -0.39 is 0 Å². The van der Waals surface area contributed by atoms with Crippen LogP contribution in [0.2, 0.25) is 0 Å². The van der Waals surface area contributed by atoms with E-state index in [4.69, 9.17) is 18.9 Å². The first-order chi connectivity index (χ1) is 14.1. The van der Waals surface area contributed by atoms with E-state index >= 15 is 0 Å². The molecular formula is C23H27NO5. The van der Waals surface area contributed by atoms with Gasteiger partial charge in [-0.1, -0.05) is 0 Å². The van der Waals surface area contributed by atoms with Crippen LogP contribution >= 0.6 is 0 Å². The monoisotopic (exact) mass is 397 g/mol. The number of hydrogen-bond acceptors (Lipinski definition) is 5. The van der Waals surface area contributed by atoms with Gasteiger partial charge in [-0.3, -0.25) is 4.79 Å². The number of amides is 1. The zero-order valence-corrected chi connectivity index (χ0v) is 17.3. The van der Waals surface area contributed by atoms with E-state index in [0.717, 1.165) is 35.5 Å². The molecule has 0 radical (unpaired) electrons. The zero-order chi connectivity index (χ0) is 20.8. The summed E-state index contributed by atoms with van der Waals surface area (Å²) in [6, 6.07) is 11.2. The van der Waals surface area contributed by atoms with Gasteiger partial charge in [0.05, 0.1) is 34.5 Å². The van der Waals surface area contributed by atoms with Crippen LogP contribution in [0.5, 0.6) is 23.0 Å². The molecule has 0 N–H and O–H groups in total. The third-order valence-electron chi connectivity index (χ3n) is 5.13. The van der Waals surface area contributed by atoms with E-state index in [9.17, 15) is 4.79 Å². The van der Waals surface area contributed by atoms with Crippen LogP contribution in [0.1, 0.15) is 30.0 Å². The van der Waals surface area contributed by atoms with Crippen LogP contribution in [0.25, 0.3) is 6.08 Å². The lowest BCUT2D eigenvalue weighted by molar-refractivity contribution is -0.126. The number of likely N-dealkylation sites (tertiary alicyclic amines) is 1. The molecule has 29 heavy (non-hydrogen) atoms. The summed E-state index contributed by atoms with van der Waals surface area (Å²) in [5.74, 6) is 2.79. The molecule has 0 bridgehead atoms. The summed E-state index contributed by atoms with van der Waals surface area (Å²) >= 11 is 0. The smallest absolute Gasteiger partial charge is 0.247 e. The first-order valence-electron chi connectivity index (χ1n) is 9.53. The normalized spacial score (nSPS) is 16.1. The van der Waals surface area contributed by atoms with Crippen molar-refractivity contribution >= 4 is 12.0 Å². The number of nitrogens with zero attached hydrogens (tertiary/aromatic N) is 1. The molecule has 1 saturated heterocycles. The third-order valence-corrected chi connectivity index (χ3v) is 5.13. The Morgan fingerprint density at radius 1 is 0.931 bits per heavy atom. The molecule has 0 spiro atoms. The summed E-state index contributed by atoms with van der Waals surface area (Å²) in [6.07, 6.45) is 5.23. The number of carbonyl (C=O) groups is 1. The fourth-order valence-corrected chi connectivity index (χ4v) is 3.64. The fourth-order valence-electron chi connectivity index (χ4n) is 3.64. The molecule has 1 heterocycles. The summed E-state index contributed by atoms with van der Waals surface area (Å²) in [5.41, 5.74) is 1.84. The van der Waals surface area contributed by atoms with E-state index in [-0.39, 0.29) is 11.9 Å². The van der Waals surface area contributed by atoms with Gasteiger partial charge < -0.3 is 23.8 Å². The van der Waals surface area contributed by atoms with E-state index in [0.29, 0.717) is 18.0 Å². The van der Waals surface area contributed by atoms with Crippen molar-refractivity contribution in [2.75, 3.05) is 35.0 Å². The SMILES string of the molecule is COc1cc(/C=C/C(=O)N2CCCC2c2ccc(OC)cc2OC)cc(OC)c1. The van der Waals surface area contributed by atoms with E-state index in [1.54, 1.807) is 46.7 Å². The van der Waals surface area contributed by atoms with Crippen LogP contribution in [-0.2, 0) is 4.79 Å². The molecular weight excluding hydrogens is 370 g/mol. The molecule has 0 saturated carbocycles. The Morgan fingerprint density at radius 2 is 1.62 bits per heavy atom. The summed E-state index contributed by atoms with van der Waals surface area (Å²) in [7, 11) is 6.46. The standard InChI is InChI=1S/C23H27NO5/c1-26-17-8-9-20(22(15-17)29-4)21-6-5-11-24(21)23(25)10-7-16-12-18(27-2)14-19(13-16)28-3/h7-10,12-15,21H,5-6,11H2,1-4H3/b10-7+. The molecule has 1 unspecified atom stereocenters. The van der Waals surface area contributed by atoms with Gasteiger partial charge in [0, 0.05) is 30.3 Å². The van der Waals surface area contributed by atoms with E-state index in [1.165, 1.54) is 0 Å². The van der Waals surface area contributed by atoms with Crippen molar-refractivity contribution in [3.05, 3.63) is 53.6 Å². The largest absolute Gasteiger partial charge is 0.497 e. The Bertz CT molecular complexity index is 871. The van der Waals surface area contributed by atoms with Gasteiger partial charge in [0.25, 0.3) is 0 Å². The van der Waals surface area contributed by atoms with E-state index in [1.807, 2.05) is 35.2 Å². The molecule has 0 aromatic heterocycles. The molecule has 0 aliphatic carbocycles. The maximum Gasteiger partial charge on any atom is 0.247 e. The Kier molecular flexibility index (Phi) is 6.65. The first kappa shape index (κ1) is 20.6. The van der Waals surface area contributed by atoms with Crippen LogP contribution in [0, 0.1) is 0 Å². The molecule has 6 heteroatoms. The quantitative estimate of drug-likeness (QED) is 0.659. The first-order valence-corrected chi connectivity index (χ1v) is 9.53. The molecule has 2 aromatic rings. The molecule has 1 amide bonds. The second-order valence-electron chi connectivity index (χ2n) is 6.78. The van der Waals surface area contributed by atoms with Crippen molar-refractivity contribution in [1.82, 2.24) is 4.90 Å². The van der Waals surface area contributed by atoms with Crippen molar-refractivity contribution in [1.29, 1.82) is 0 Å². The molecule has 1 aliphatic rings. The summed E-state index contributed by atoms with van der Waals surface area (Å²) in [4.78, 5) is 14.8. The van der Waals surface area contributed by atoms with Crippen molar-refractivity contribution < 1.29 is 23.7 Å². The maximum absolute atomic E-state index is 12.9. The van der Waals surface area contributed by atoms with Gasteiger partial charge in [0.2, 0.25) is 5.91 Å². The molecule has 6 nitrogen and oxygen atoms in total. The predicted octanol–water partition coefficient (Wildman–Crippen LogP) is 4.10. The Hall–Kier alpha value is -3.15. The number of ether oxygens (including phenoxy) is 4. The predicted molar refractivity (Wildman–Crippen MR) is 112 cm³/mol. The van der Waals surface area contributed by atoms with Gasteiger partial charge in [-0.05, 0) is 48.7 Å². The summed E-state index contributed by atoms with van der Waals surface area (Å²) in [5, 5.41) is 0. The van der Waals surface area contributed by atoms with Gasteiger partial charge >= 0.3 is 0 Å². The average Bonchev–Trinajstić information content (AvgIpc) is 3.26. The highest BCUT2D eigenvalue weighted by molar-refractivity contribution is 5.92. The van der Waals surface area contributed by atoms with Crippen molar-refractivity contribution in [2.45, 2.75) is 18.9 Å². The maximum atomic E-state index is 12.9. The minimum Gasteiger partial charge on any atom is -0.497 e. The van der Waals surface area contributed by atoms with Gasteiger partial charge in [-0.2, -0.15) is 0 Å². The lowest BCUT2D eigenvalue weighted by Gasteiger charge is -2.25. The molecule has 154 valence electrons. The van der Waals surface area contributed by atoms with Gasteiger partial charge in [-0.15, -0.1) is 0 Å². The minimum absolute atomic E-state index is 0.0205. The van der Waals surface area contributed by atoms with Crippen LogP contribution in [0.15, 0.2) is 42.5 Å². The van der Waals surface area contributed by atoms with Crippen LogP contribution in [0.4, 0.5) is 0 Å². The van der Waals surface area contributed by atoms with E-state index in [2.05, 4.69) is 0 Å². The van der Waals surface area contributed by atoms with Gasteiger partial charge in [0.1, 0.15) is 23.0 Å². The highest BCUT2D eigenvalue weighted by Gasteiger charge is 2.31. The van der Waals surface area contributed by atoms with Crippen LogP contribution < -0.4 is 18.9 Å². The molecule has 2 aromatic carbocycles. The second-order valence-corrected chi connectivity index (χ2v) is 6.78. The number of carbonyl (C=O) groups excluding carboxylic acids is 1. The highest BCUT2D eigenvalue weighted by Crippen LogP contribution is 2.38. The number of rotatable bonds is 7. The Balaban J connectivity index is 1.81. The lowest BCUT2D eigenvalue weighted by atomic mass is 10.0. The van der Waals surface area contributed by atoms with Gasteiger partial charge in [-0.25, -0.2) is 0 Å². The second kappa shape index (κ2) is 9.37. The Labute approximate surface area is 171 Å². The Morgan fingerprint density at radius 3 is 2.24 bits per heavy atom. The van der Waals surface area contributed by atoms with Gasteiger partial charge in [0.15, 0.2) is 0 Å².